The van der Waals surface area contributed by atoms with E-state index in [1.165, 1.54) is 22.3 Å². The second kappa shape index (κ2) is 8.99. The van der Waals surface area contributed by atoms with Gasteiger partial charge in [-0.3, -0.25) is 4.90 Å². The molecule has 0 saturated carbocycles. The van der Waals surface area contributed by atoms with Gasteiger partial charge in [-0.05, 0) is 43.4 Å². The Hall–Kier alpha value is -2.78. The van der Waals surface area contributed by atoms with E-state index in [9.17, 15) is 0 Å². The molecule has 0 aliphatic carbocycles. The van der Waals surface area contributed by atoms with Gasteiger partial charge in [0.05, 0.1) is 6.04 Å². The Morgan fingerprint density at radius 1 is 1.22 bits per heavy atom. The summed E-state index contributed by atoms with van der Waals surface area (Å²) in [7, 11) is 1.95. The summed E-state index contributed by atoms with van der Waals surface area (Å²) in [5.74, 6) is 0.544. The van der Waals surface area contributed by atoms with Gasteiger partial charge in [0.15, 0.2) is 0 Å². The van der Waals surface area contributed by atoms with E-state index in [0.29, 0.717) is 5.92 Å². The largest absolute Gasteiger partial charge is 0.390 e. The Kier molecular flexibility index (Phi) is 6.30. The molecule has 2 atom stereocenters. The molecular formula is C29H37N3. The van der Waals surface area contributed by atoms with Crippen LogP contribution in [0.5, 0.6) is 0 Å². The minimum Gasteiger partial charge on any atom is -0.390 e. The van der Waals surface area contributed by atoms with Crippen molar-refractivity contribution in [1.82, 2.24) is 15.1 Å². The lowest BCUT2D eigenvalue weighted by Crippen LogP contribution is -2.61. The Bertz CT molecular complexity index is 1000. The van der Waals surface area contributed by atoms with Crippen molar-refractivity contribution in [3.05, 3.63) is 102 Å². The smallest absolute Gasteiger partial charge is 0.0688 e. The van der Waals surface area contributed by atoms with Crippen LogP contribution in [-0.4, -0.2) is 35.0 Å². The molecule has 0 aromatic heterocycles. The van der Waals surface area contributed by atoms with Gasteiger partial charge in [-0.15, -0.1) is 6.58 Å². The number of likely N-dealkylation sites (tertiary alicyclic amines) is 1. The molecule has 1 fully saturated rings. The minimum absolute atomic E-state index is 0.145. The highest BCUT2D eigenvalue weighted by atomic mass is 15.3. The lowest BCUT2D eigenvalue weighted by molar-refractivity contribution is -0.0215. The number of hydrogen-bond donors (Lipinski definition) is 1. The summed E-state index contributed by atoms with van der Waals surface area (Å²) in [6.45, 7) is 20.4. The number of benzene rings is 2. The summed E-state index contributed by atoms with van der Waals surface area (Å²) in [6.07, 6.45) is 3.94. The zero-order valence-corrected chi connectivity index (χ0v) is 19.9. The second-order valence-corrected chi connectivity index (χ2v) is 9.72. The van der Waals surface area contributed by atoms with Crippen molar-refractivity contribution >= 4 is 5.70 Å². The van der Waals surface area contributed by atoms with Crippen molar-refractivity contribution < 1.29 is 0 Å². The number of nitrogens with zero attached hydrogens (tertiary/aromatic N) is 2. The van der Waals surface area contributed by atoms with E-state index in [1.54, 1.807) is 0 Å². The Labute approximate surface area is 194 Å². The van der Waals surface area contributed by atoms with Crippen LogP contribution in [0.15, 0.2) is 80.0 Å². The van der Waals surface area contributed by atoms with Crippen molar-refractivity contribution in [3.8, 4) is 0 Å². The first-order chi connectivity index (χ1) is 15.4. The lowest BCUT2D eigenvalue weighted by atomic mass is 9.72. The zero-order valence-electron chi connectivity index (χ0n) is 19.9. The van der Waals surface area contributed by atoms with Crippen molar-refractivity contribution in [1.29, 1.82) is 0 Å². The first-order valence-electron chi connectivity index (χ1n) is 11.7. The zero-order chi connectivity index (χ0) is 22.9. The van der Waals surface area contributed by atoms with E-state index in [1.807, 2.05) is 13.1 Å². The number of hydrogen-bond acceptors (Lipinski definition) is 3. The Morgan fingerprint density at radius 2 is 1.97 bits per heavy atom. The molecule has 2 aliphatic rings. The average molecular weight is 428 g/mol. The molecule has 1 saturated heterocycles. The maximum absolute atomic E-state index is 4.44. The van der Waals surface area contributed by atoms with Crippen LogP contribution in [0.2, 0.25) is 0 Å². The number of nitrogens with one attached hydrogen (secondary N) is 1. The SMILES string of the molecule is C=CCCC(C(=C)NC)N1Cc2cc(C3CN(Cc4ccccc4)C3(C)C)ccc2C1=C. The summed E-state index contributed by atoms with van der Waals surface area (Å²) in [5.41, 5.74) is 7.79. The predicted molar refractivity (Wildman–Crippen MR) is 136 cm³/mol. The molecule has 32 heavy (non-hydrogen) atoms. The van der Waals surface area contributed by atoms with Crippen LogP contribution in [0, 0.1) is 0 Å². The van der Waals surface area contributed by atoms with Crippen LogP contribution >= 0.6 is 0 Å². The number of rotatable bonds is 9. The summed E-state index contributed by atoms with van der Waals surface area (Å²) in [5, 5.41) is 3.26. The first kappa shape index (κ1) is 22.4. The van der Waals surface area contributed by atoms with E-state index in [0.717, 1.165) is 43.9 Å². The molecule has 2 heterocycles. The van der Waals surface area contributed by atoms with Crippen LogP contribution in [0.25, 0.3) is 5.70 Å². The minimum atomic E-state index is 0.145. The summed E-state index contributed by atoms with van der Waals surface area (Å²) >= 11 is 0. The first-order valence-corrected chi connectivity index (χ1v) is 11.7. The lowest BCUT2D eigenvalue weighted by Gasteiger charge is -2.56. The van der Waals surface area contributed by atoms with Gasteiger partial charge in [0.1, 0.15) is 0 Å². The molecule has 3 nitrogen and oxygen atoms in total. The maximum Gasteiger partial charge on any atom is 0.0688 e. The highest BCUT2D eigenvalue weighted by Crippen LogP contribution is 2.46. The predicted octanol–water partition coefficient (Wildman–Crippen LogP) is 5.92. The average Bonchev–Trinajstić information content (AvgIpc) is 3.12. The molecule has 0 amide bonds. The van der Waals surface area contributed by atoms with Gasteiger partial charge in [-0.1, -0.05) is 67.8 Å². The topological polar surface area (TPSA) is 18.5 Å². The Balaban J connectivity index is 1.50. The molecule has 0 radical (unpaired) electrons. The molecule has 4 rings (SSSR count). The molecule has 2 aromatic carbocycles. The van der Waals surface area contributed by atoms with Gasteiger partial charge in [-0.2, -0.15) is 0 Å². The van der Waals surface area contributed by atoms with Gasteiger partial charge >= 0.3 is 0 Å². The number of likely N-dealkylation sites (N-methyl/N-ethyl adjacent to an activating group) is 1. The van der Waals surface area contributed by atoms with E-state index in [2.05, 4.69) is 97.2 Å². The van der Waals surface area contributed by atoms with Crippen molar-refractivity contribution in [2.45, 2.75) is 57.3 Å². The van der Waals surface area contributed by atoms with E-state index in [-0.39, 0.29) is 11.6 Å². The van der Waals surface area contributed by atoms with Gasteiger partial charge in [0, 0.05) is 55.1 Å². The van der Waals surface area contributed by atoms with Crippen LogP contribution in [-0.2, 0) is 13.1 Å². The molecule has 168 valence electrons. The highest BCUT2D eigenvalue weighted by Gasteiger charge is 2.46. The normalized spacial score (nSPS) is 20.4. The fraction of sp³-hybridized carbons (Fsp3) is 0.379. The summed E-state index contributed by atoms with van der Waals surface area (Å²) in [4.78, 5) is 5.00. The van der Waals surface area contributed by atoms with Gasteiger partial charge in [0.2, 0.25) is 0 Å². The van der Waals surface area contributed by atoms with Gasteiger partial charge in [0.25, 0.3) is 0 Å². The monoisotopic (exact) mass is 427 g/mol. The molecule has 3 heteroatoms. The number of allylic oxidation sites excluding steroid dienone is 1. The van der Waals surface area contributed by atoms with E-state index < -0.39 is 0 Å². The fourth-order valence-electron chi connectivity index (χ4n) is 5.31. The summed E-state index contributed by atoms with van der Waals surface area (Å²) in [6, 6.07) is 18.1. The molecule has 1 N–H and O–H groups in total. The molecule has 2 aliphatic heterocycles. The van der Waals surface area contributed by atoms with E-state index in [4.69, 9.17) is 0 Å². The van der Waals surface area contributed by atoms with Crippen molar-refractivity contribution in [3.63, 3.8) is 0 Å². The molecule has 2 aromatic rings. The van der Waals surface area contributed by atoms with Crippen LogP contribution < -0.4 is 5.32 Å². The van der Waals surface area contributed by atoms with Gasteiger partial charge < -0.3 is 10.2 Å². The maximum atomic E-state index is 4.44. The third-order valence-corrected chi connectivity index (χ3v) is 7.56. The third kappa shape index (κ3) is 4.02. The number of fused-ring (bicyclic) bond motifs is 1. The van der Waals surface area contributed by atoms with Gasteiger partial charge in [-0.25, -0.2) is 0 Å². The van der Waals surface area contributed by atoms with E-state index >= 15 is 0 Å². The highest BCUT2D eigenvalue weighted by molar-refractivity contribution is 5.70. The van der Waals surface area contributed by atoms with Crippen molar-refractivity contribution in [2.24, 2.45) is 0 Å². The Morgan fingerprint density at radius 3 is 2.62 bits per heavy atom. The second-order valence-electron chi connectivity index (χ2n) is 9.72. The quantitative estimate of drug-likeness (QED) is 0.501. The fourth-order valence-corrected chi connectivity index (χ4v) is 5.31. The summed E-state index contributed by atoms with van der Waals surface area (Å²) < 4.78 is 0. The molecular weight excluding hydrogens is 390 g/mol. The van der Waals surface area contributed by atoms with Crippen LogP contribution in [0.4, 0.5) is 0 Å². The van der Waals surface area contributed by atoms with Crippen LogP contribution in [0.3, 0.4) is 0 Å². The molecule has 0 spiro atoms. The standard InChI is InChI=1S/C29H37N3/c1-7-8-14-28(21(2)30-6)32-19-25-17-24(15-16-26(25)22(32)3)27-20-31(29(27,4)5)18-23-12-10-9-11-13-23/h7,9-13,15-17,27-28,30H,1-3,8,14,18-20H2,4-6H3. The van der Waals surface area contributed by atoms with Crippen LogP contribution in [0.1, 0.15) is 54.9 Å². The third-order valence-electron chi connectivity index (χ3n) is 7.56. The molecule has 0 bridgehead atoms. The van der Waals surface area contributed by atoms with Crippen molar-refractivity contribution in [2.75, 3.05) is 13.6 Å². The molecule has 2 unspecified atom stereocenters.